The first kappa shape index (κ1) is 19.5. The van der Waals surface area contributed by atoms with E-state index >= 15 is 0 Å². The molecule has 0 radical (unpaired) electrons. The Morgan fingerprint density at radius 2 is 1.74 bits per heavy atom. The highest BCUT2D eigenvalue weighted by molar-refractivity contribution is 8.00. The molecule has 0 saturated carbocycles. The maximum Gasteiger partial charge on any atom is 0.261 e. The molecule has 2 aromatic carbocycles. The van der Waals surface area contributed by atoms with Crippen LogP contribution in [0.2, 0.25) is 5.02 Å². The van der Waals surface area contributed by atoms with Crippen molar-refractivity contribution in [3.05, 3.63) is 64.2 Å². The molecule has 3 rings (SSSR count). The number of rotatable bonds is 6. The fourth-order valence-electron chi connectivity index (χ4n) is 2.82. The Balaban J connectivity index is 1.53. The summed E-state index contributed by atoms with van der Waals surface area (Å²) in [5, 5.41) is 3.13. The van der Waals surface area contributed by atoms with Crippen LogP contribution >= 0.6 is 23.4 Å². The molecule has 7 heteroatoms. The van der Waals surface area contributed by atoms with E-state index in [0.717, 1.165) is 5.56 Å². The summed E-state index contributed by atoms with van der Waals surface area (Å²) < 4.78 is 0. The van der Waals surface area contributed by atoms with Gasteiger partial charge in [-0.25, -0.2) is 0 Å². The smallest absolute Gasteiger partial charge is 0.261 e. The molecular formula is C20H19ClN2O3S. The first-order chi connectivity index (χ1) is 12.9. The Morgan fingerprint density at radius 1 is 1.11 bits per heavy atom. The minimum Gasteiger partial charge on any atom is -0.325 e. The number of imide groups is 1. The number of nitrogens with one attached hydrogen (secondary N) is 1. The third-order valence-electron chi connectivity index (χ3n) is 4.46. The molecule has 0 spiro atoms. The van der Waals surface area contributed by atoms with Crippen molar-refractivity contribution in [2.45, 2.75) is 19.1 Å². The first-order valence-corrected chi connectivity index (χ1v) is 9.95. The van der Waals surface area contributed by atoms with Crippen molar-refractivity contribution in [3.63, 3.8) is 0 Å². The van der Waals surface area contributed by atoms with Gasteiger partial charge in [-0.15, -0.1) is 11.8 Å². The van der Waals surface area contributed by atoms with Crippen molar-refractivity contribution < 1.29 is 14.4 Å². The van der Waals surface area contributed by atoms with E-state index in [4.69, 9.17) is 11.6 Å². The van der Waals surface area contributed by atoms with Crippen LogP contribution in [0.5, 0.6) is 0 Å². The minimum absolute atomic E-state index is 0.146. The van der Waals surface area contributed by atoms with Crippen LogP contribution in [0.25, 0.3) is 0 Å². The van der Waals surface area contributed by atoms with Crippen LogP contribution in [0.4, 0.5) is 5.69 Å². The quantitative estimate of drug-likeness (QED) is 0.741. The summed E-state index contributed by atoms with van der Waals surface area (Å²) in [6, 6.07) is 12.2. The summed E-state index contributed by atoms with van der Waals surface area (Å²) in [5.41, 5.74) is 2.38. The summed E-state index contributed by atoms with van der Waals surface area (Å²) in [5.74, 6) is -0.215. The molecule has 2 aromatic rings. The number of fused-ring (bicyclic) bond motifs is 1. The highest BCUT2D eigenvalue weighted by Crippen LogP contribution is 2.25. The lowest BCUT2D eigenvalue weighted by Gasteiger charge is -2.16. The zero-order valence-electron chi connectivity index (χ0n) is 15.0. The normalized spacial score (nSPS) is 14.3. The van der Waals surface area contributed by atoms with Gasteiger partial charge in [0, 0.05) is 23.0 Å². The summed E-state index contributed by atoms with van der Waals surface area (Å²) in [6.07, 6.45) is 0. The van der Waals surface area contributed by atoms with Gasteiger partial charge in [-0.1, -0.05) is 29.8 Å². The van der Waals surface area contributed by atoms with Gasteiger partial charge >= 0.3 is 0 Å². The average molecular weight is 403 g/mol. The zero-order valence-corrected chi connectivity index (χ0v) is 16.6. The van der Waals surface area contributed by atoms with E-state index < -0.39 is 0 Å². The van der Waals surface area contributed by atoms with Crippen molar-refractivity contribution in [1.82, 2.24) is 4.90 Å². The molecule has 0 bridgehead atoms. The minimum atomic E-state index is -0.335. The lowest BCUT2D eigenvalue weighted by atomic mass is 10.1. The topological polar surface area (TPSA) is 66.5 Å². The number of nitrogens with zero attached hydrogens (tertiary/aromatic N) is 1. The van der Waals surface area contributed by atoms with Crippen molar-refractivity contribution in [3.8, 4) is 0 Å². The second-order valence-electron chi connectivity index (χ2n) is 6.22. The van der Waals surface area contributed by atoms with Gasteiger partial charge in [0.05, 0.1) is 16.4 Å². The van der Waals surface area contributed by atoms with E-state index in [1.807, 2.05) is 6.92 Å². The van der Waals surface area contributed by atoms with Gasteiger partial charge in [-0.3, -0.25) is 19.3 Å². The van der Waals surface area contributed by atoms with E-state index in [1.54, 1.807) is 49.4 Å². The second-order valence-corrected chi connectivity index (χ2v) is 8.08. The molecular weight excluding hydrogens is 384 g/mol. The number of anilines is 1. The molecule has 1 aliphatic heterocycles. The van der Waals surface area contributed by atoms with Crippen LogP contribution in [0, 0.1) is 6.92 Å². The van der Waals surface area contributed by atoms with Crippen LogP contribution in [-0.4, -0.2) is 40.2 Å². The van der Waals surface area contributed by atoms with Crippen LogP contribution in [-0.2, 0) is 4.79 Å². The monoisotopic (exact) mass is 402 g/mol. The van der Waals surface area contributed by atoms with Gasteiger partial charge in [-0.05, 0) is 43.7 Å². The number of amides is 3. The fourth-order valence-corrected chi connectivity index (χ4v) is 3.84. The van der Waals surface area contributed by atoms with E-state index in [2.05, 4.69) is 5.32 Å². The predicted molar refractivity (Wildman–Crippen MR) is 109 cm³/mol. The first-order valence-electron chi connectivity index (χ1n) is 8.53. The van der Waals surface area contributed by atoms with E-state index in [0.29, 0.717) is 27.6 Å². The van der Waals surface area contributed by atoms with Crippen LogP contribution in [0.1, 0.15) is 33.2 Å². The fraction of sp³-hybridized carbons (Fsp3) is 0.250. The zero-order chi connectivity index (χ0) is 19.6. The number of halogens is 1. The lowest BCUT2D eigenvalue weighted by Crippen LogP contribution is -2.32. The Labute approximate surface area is 167 Å². The molecule has 1 unspecified atom stereocenters. The lowest BCUT2D eigenvalue weighted by molar-refractivity contribution is -0.115. The third-order valence-corrected chi connectivity index (χ3v) is 6.00. The van der Waals surface area contributed by atoms with Gasteiger partial charge in [0.1, 0.15) is 0 Å². The number of benzene rings is 2. The van der Waals surface area contributed by atoms with Crippen molar-refractivity contribution in [2.24, 2.45) is 0 Å². The molecule has 27 heavy (non-hydrogen) atoms. The summed E-state index contributed by atoms with van der Waals surface area (Å²) in [6.45, 7) is 3.91. The molecule has 3 amide bonds. The van der Waals surface area contributed by atoms with Crippen molar-refractivity contribution in [2.75, 3.05) is 17.6 Å². The second kappa shape index (κ2) is 8.15. The van der Waals surface area contributed by atoms with Gasteiger partial charge in [0.25, 0.3) is 11.8 Å². The number of carbonyl (C=O) groups is 3. The number of carbonyl (C=O) groups excluding carboxylic acids is 3. The Kier molecular flexibility index (Phi) is 5.87. The summed E-state index contributed by atoms with van der Waals surface area (Å²) in [7, 11) is 0. The number of thioether (sulfide) groups is 1. The molecule has 1 N–H and O–H groups in total. The molecule has 0 saturated heterocycles. The van der Waals surface area contributed by atoms with Crippen molar-refractivity contribution >= 4 is 46.8 Å². The summed E-state index contributed by atoms with van der Waals surface area (Å²) in [4.78, 5) is 38.3. The third kappa shape index (κ3) is 4.01. The van der Waals surface area contributed by atoms with Gasteiger partial charge in [-0.2, -0.15) is 0 Å². The largest absolute Gasteiger partial charge is 0.325 e. The molecule has 1 atom stereocenters. The van der Waals surface area contributed by atoms with E-state index in [-0.39, 0.29) is 29.5 Å². The molecule has 0 aliphatic carbocycles. The van der Waals surface area contributed by atoms with Gasteiger partial charge in [0.15, 0.2) is 0 Å². The Hall–Kier alpha value is -2.31. The van der Waals surface area contributed by atoms with E-state index in [1.165, 1.54) is 16.7 Å². The maximum atomic E-state index is 12.4. The molecule has 0 fully saturated rings. The predicted octanol–water partition coefficient (Wildman–Crippen LogP) is 4.00. The number of hydrogen-bond acceptors (Lipinski definition) is 4. The highest BCUT2D eigenvalue weighted by atomic mass is 35.5. The molecule has 5 nitrogen and oxygen atoms in total. The Bertz CT molecular complexity index is 881. The van der Waals surface area contributed by atoms with E-state index in [9.17, 15) is 14.4 Å². The maximum absolute atomic E-state index is 12.4. The highest BCUT2D eigenvalue weighted by Gasteiger charge is 2.34. The van der Waals surface area contributed by atoms with Gasteiger partial charge in [0.2, 0.25) is 5.91 Å². The standard InChI is InChI=1S/C20H19ClN2O3S/c1-12-16(21)8-5-9-17(12)22-18(24)13(2)27-11-10-23-19(25)14-6-3-4-7-15(14)20(23)26/h3-9,13H,10-11H2,1-2H3,(H,22,24). The Morgan fingerprint density at radius 3 is 2.37 bits per heavy atom. The van der Waals surface area contributed by atoms with Crippen molar-refractivity contribution in [1.29, 1.82) is 0 Å². The SMILES string of the molecule is Cc1c(Cl)cccc1NC(=O)C(C)SCCN1C(=O)c2ccccc2C1=O. The van der Waals surface area contributed by atoms with Crippen LogP contribution in [0.15, 0.2) is 42.5 Å². The van der Waals surface area contributed by atoms with Gasteiger partial charge < -0.3 is 5.32 Å². The number of hydrogen-bond donors (Lipinski definition) is 1. The van der Waals surface area contributed by atoms with Crippen LogP contribution in [0.3, 0.4) is 0 Å². The summed E-state index contributed by atoms with van der Waals surface area (Å²) >= 11 is 7.47. The molecule has 1 heterocycles. The molecule has 0 aromatic heterocycles. The van der Waals surface area contributed by atoms with Crippen LogP contribution < -0.4 is 5.32 Å². The molecule has 1 aliphatic rings. The molecule has 140 valence electrons. The average Bonchev–Trinajstić information content (AvgIpc) is 2.90.